The lowest BCUT2D eigenvalue weighted by Gasteiger charge is -2.36. The number of benzene rings is 11. The Labute approximate surface area is 379 Å². The van der Waals surface area contributed by atoms with Gasteiger partial charge in [0.15, 0.2) is 0 Å². The third kappa shape index (κ3) is 3.89. The van der Waals surface area contributed by atoms with Gasteiger partial charge in [0.2, 0.25) is 0 Å². The molecule has 0 unspecified atom stereocenters. The number of aromatic nitrogens is 2. The molecule has 0 fully saturated rings. The fourth-order valence-electron chi connectivity index (χ4n) is 13.3. The molecule has 0 saturated heterocycles. The van der Waals surface area contributed by atoms with Gasteiger partial charge in [0, 0.05) is 44.3 Å². The second kappa shape index (κ2) is 11.7. The molecule has 0 amide bonds. The van der Waals surface area contributed by atoms with Gasteiger partial charge in [0.1, 0.15) is 0 Å². The van der Waals surface area contributed by atoms with E-state index in [4.69, 9.17) is 0 Å². The Hall–Kier alpha value is -8.60. The molecule has 0 N–H and O–H groups in total. The number of hydrogen-bond acceptors (Lipinski definition) is 1. The Morgan fingerprint density at radius 3 is 1.44 bits per heavy atom. The van der Waals surface area contributed by atoms with Gasteiger partial charge in [-0.2, -0.15) is 0 Å². The lowest BCUT2D eigenvalue weighted by molar-refractivity contribution is 1.13. The summed E-state index contributed by atoms with van der Waals surface area (Å²) in [5.41, 5.74) is 25.5. The Balaban J connectivity index is 1.12. The topological polar surface area (TPSA) is 13.1 Å². The molecule has 11 aromatic carbocycles. The second-order valence-electron chi connectivity index (χ2n) is 18.7. The van der Waals surface area contributed by atoms with Crippen LogP contribution in [0.2, 0.25) is 0 Å². The van der Waals surface area contributed by atoms with E-state index in [1.165, 1.54) is 137 Å². The summed E-state index contributed by atoms with van der Waals surface area (Å²) in [5, 5.41) is 10.7. The van der Waals surface area contributed by atoms with Gasteiger partial charge in [-0.15, -0.1) is 0 Å². The van der Waals surface area contributed by atoms with Crippen molar-refractivity contribution in [1.29, 1.82) is 0 Å². The van der Waals surface area contributed by atoms with E-state index in [2.05, 4.69) is 220 Å². The molecule has 3 nitrogen and oxygen atoms in total. The molecule has 17 rings (SSSR count). The number of para-hydroxylation sites is 2. The van der Waals surface area contributed by atoms with E-state index in [1.54, 1.807) is 0 Å². The van der Waals surface area contributed by atoms with Crippen molar-refractivity contribution in [3.8, 4) is 55.9 Å². The zero-order valence-corrected chi connectivity index (χ0v) is 35.5. The monoisotopic (exact) mass is 831 g/mol. The molecule has 66 heavy (non-hydrogen) atoms. The van der Waals surface area contributed by atoms with Crippen molar-refractivity contribution in [1.82, 2.24) is 9.13 Å². The maximum atomic E-state index is 2.67. The molecule has 4 heterocycles. The van der Waals surface area contributed by atoms with Gasteiger partial charge < -0.3 is 14.0 Å². The summed E-state index contributed by atoms with van der Waals surface area (Å²) in [6.07, 6.45) is 0. The van der Waals surface area contributed by atoms with Crippen LogP contribution in [0.15, 0.2) is 206 Å². The Kier molecular flexibility index (Phi) is 6.03. The van der Waals surface area contributed by atoms with Crippen LogP contribution in [0.3, 0.4) is 0 Å². The predicted octanol–water partition coefficient (Wildman–Crippen LogP) is 14.1. The molecule has 2 aliphatic heterocycles. The van der Waals surface area contributed by atoms with E-state index in [9.17, 15) is 0 Å². The van der Waals surface area contributed by atoms with Crippen LogP contribution in [0, 0.1) is 0 Å². The molecule has 13 aromatic rings. The number of fused-ring (bicyclic) bond motifs is 12. The van der Waals surface area contributed by atoms with Crippen LogP contribution >= 0.6 is 0 Å². The maximum absolute atomic E-state index is 2.67. The third-order valence-corrected chi connectivity index (χ3v) is 15.7. The first-order chi connectivity index (χ1) is 32.8. The van der Waals surface area contributed by atoms with E-state index in [0.29, 0.717) is 0 Å². The van der Waals surface area contributed by atoms with E-state index < -0.39 is 0 Å². The fourth-order valence-corrected chi connectivity index (χ4v) is 13.3. The summed E-state index contributed by atoms with van der Waals surface area (Å²) in [6.45, 7) is -0.0139. The van der Waals surface area contributed by atoms with Gasteiger partial charge in [-0.3, -0.25) is 0 Å². The summed E-state index contributed by atoms with van der Waals surface area (Å²) in [5.74, 6) is 0. The van der Waals surface area contributed by atoms with Crippen LogP contribution < -0.4 is 21.3 Å². The fraction of sp³-hybridized carbons (Fsp3) is 0. The Morgan fingerprint density at radius 1 is 0.303 bits per heavy atom. The van der Waals surface area contributed by atoms with Gasteiger partial charge in [0.05, 0.1) is 27.8 Å². The highest BCUT2D eigenvalue weighted by atomic mass is 15.2. The molecule has 0 atom stereocenters. The number of hydrogen-bond donors (Lipinski definition) is 0. The Morgan fingerprint density at radius 2 is 0.803 bits per heavy atom. The normalized spacial score (nSPS) is 13.1. The van der Waals surface area contributed by atoms with Crippen molar-refractivity contribution >= 4 is 105 Å². The zero-order valence-electron chi connectivity index (χ0n) is 35.5. The molecule has 4 aliphatic rings. The van der Waals surface area contributed by atoms with Crippen molar-refractivity contribution < 1.29 is 0 Å². The first-order valence-electron chi connectivity index (χ1n) is 23.1. The van der Waals surface area contributed by atoms with E-state index >= 15 is 0 Å². The molecular weight excluding hydrogens is 798 g/mol. The highest BCUT2D eigenvalue weighted by molar-refractivity contribution is 7.00. The first-order valence-corrected chi connectivity index (χ1v) is 23.1. The van der Waals surface area contributed by atoms with Crippen LogP contribution in [-0.2, 0) is 0 Å². The second-order valence-corrected chi connectivity index (χ2v) is 18.7. The van der Waals surface area contributed by atoms with Crippen LogP contribution in [0.4, 0.5) is 17.1 Å². The highest BCUT2D eigenvalue weighted by Crippen LogP contribution is 2.53. The van der Waals surface area contributed by atoms with Crippen molar-refractivity contribution in [3.63, 3.8) is 0 Å². The zero-order chi connectivity index (χ0) is 42.5. The van der Waals surface area contributed by atoms with Gasteiger partial charge >= 0.3 is 0 Å². The summed E-state index contributed by atoms with van der Waals surface area (Å²) in [6, 6.07) is 78.1. The van der Waals surface area contributed by atoms with Gasteiger partial charge in [-0.1, -0.05) is 158 Å². The molecule has 0 bridgehead atoms. The number of anilines is 3. The van der Waals surface area contributed by atoms with Gasteiger partial charge in [-0.25, -0.2) is 0 Å². The van der Waals surface area contributed by atoms with Crippen LogP contribution in [0.1, 0.15) is 0 Å². The first kappa shape index (κ1) is 33.9. The minimum atomic E-state index is -0.0139. The molecule has 2 aromatic heterocycles. The van der Waals surface area contributed by atoms with Gasteiger partial charge in [-0.05, 0) is 131 Å². The van der Waals surface area contributed by atoms with Gasteiger partial charge in [0.25, 0.3) is 6.71 Å². The quantitative estimate of drug-likeness (QED) is 0.162. The van der Waals surface area contributed by atoms with E-state index in [1.807, 2.05) is 0 Å². The molecule has 4 heteroatoms. The van der Waals surface area contributed by atoms with Crippen molar-refractivity contribution in [2.24, 2.45) is 0 Å². The van der Waals surface area contributed by atoms with Crippen molar-refractivity contribution in [2.75, 3.05) is 4.90 Å². The molecule has 0 spiro atoms. The van der Waals surface area contributed by atoms with Crippen LogP contribution in [-0.4, -0.2) is 15.8 Å². The number of nitrogens with zero attached hydrogens (tertiary/aromatic N) is 3. The lowest BCUT2D eigenvalue weighted by Crippen LogP contribution is -2.59. The molecule has 2 aliphatic carbocycles. The minimum absolute atomic E-state index is 0.0139. The van der Waals surface area contributed by atoms with Crippen molar-refractivity contribution in [3.05, 3.63) is 206 Å². The minimum Gasteiger partial charge on any atom is -0.310 e. The predicted molar refractivity (Wildman–Crippen MR) is 278 cm³/mol. The molecule has 300 valence electrons. The summed E-state index contributed by atoms with van der Waals surface area (Å²) in [4.78, 5) is 2.45. The molecule has 0 saturated carbocycles. The average molecular weight is 832 g/mol. The van der Waals surface area contributed by atoms with Crippen LogP contribution in [0.5, 0.6) is 0 Å². The third-order valence-electron chi connectivity index (χ3n) is 15.7. The SMILES string of the molecule is c1ccc(N(c2ccccc2)c2cc3c4c(c2)-n2c5cccc6c5c5c7c(cccc7cc(c52)B4c2ccc4c5c7c8c(cccc8ccc7n-3c25)-c2ccccc2-4)-c2ccccc2-6)cc1. The molecular formula is C62H34BN3. The van der Waals surface area contributed by atoms with E-state index in [0.717, 1.165) is 17.1 Å². The highest BCUT2D eigenvalue weighted by Gasteiger charge is 2.43. The summed E-state index contributed by atoms with van der Waals surface area (Å²) in [7, 11) is 0. The average Bonchev–Trinajstić information content (AvgIpc) is 3.84. The Bertz CT molecular complexity index is 4360. The summed E-state index contributed by atoms with van der Waals surface area (Å²) < 4.78 is 5.33. The lowest BCUT2D eigenvalue weighted by atomic mass is 9.34. The smallest absolute Gasteiger partial charge is 0.252 e. The van der Waals surface area contributed by atoms with E-state index in [-0.39, 0.29) is 6.71 Å². The standard InChI is InChI=1S/C62H34BN3/c1-3-16-37(17-4-1)64(38-18-5-2-6-19-38)39-33-52-60-53(34-39)66-51-31-28-35-14-11-24-44-41-21-8-10-23-43(41)47-29-30-48(61(66)57(47)58(51)54(35)44)63(60)49-32-36-15-12-25-45-40-20-7-9-22-42(40)46-26-13-27-50-56(46)59(55(36)45)62(49)65(50)52/h1-34H. The van der Waals surface area contributed by atoms with Crippen LogP contribution in [0.25, 0.3) is 121 Å². The number of rotatable bonds is 3. The summed E-state index contributed by atoms with van der Waals surface area (Å²) >= 11 is 0. The van der Waals surface area contributed by atoms with Crippen molar-refractivity contribution in [2.45, 2.75) is 0 Å². The molecule has 0 radical (unpaired) electrons. The maximum Gasteiger partial charge on any atom is 0.252 e. The largest absolute Gasteiger partial charge is 0.310 e.